The van der Waals surface area contributed by atoms with Crippen LogP contribution in [0.25, 0.3) is 0 Å². The van der Waals surface area contributed by atoms with Gasteiger partial charge in [-0.3, -0.25) is 14.4 Å². The zero-order chi connectivity index (χ0) is 16.2. The van der Waals surface area contributed by atoms with E-state index in [-0.39, 0.29) is 30.8 Å². The van der Waals surface area contributed by atoms with Crippen LogP contribution in [-0.4, -0.2) is 55.3 Å². The van der Waals surface area contributed by atoms with Gasteiger partial charge in [0.2, 0.25) is 17.7 Å². The van der Waals surface area contributed by atoms with Gasteiger partial charge in [0.15, 0.2) is 0 Å². The minimum Gasteiger partial charge on any atom is -0.376 e. The fourth-order valence-electron chi connectivity index (χ4n) is 2.82. The molecule has 2 heterocycles. The monoisotopic (exact) mass is 316 g/mol. The summed E-state index contributed by atoms with van der Waals surface area (Å²) >= 11 is 0. The first kappa shape index (κ1) is 15.3. The molecule has 2 aliphatic rings. The number of carbonyl (C=O) groups is 3. The number of amides is 3. The van der Waals surface area contributed by atoms with Gasteiger partial charge >= 0.3 is 0 Å². The van der Waals surface area contributed by atoms with E-state index in [0.717, 1.165) is 24.3 Å². The van der Waals surface area contributed by atoms with Crippen LogP contribution in [0.2, 0.25) is 0 Å². The molecule has 0 atom stereocenters. The molecule has 0 aromatic heterocycles. The molecular weight excluding hydrogens is 296 g/mol. The lowest BCUT2D eigenvalue weighted by Gasteiger charge is -2.26. The largest absolute Gasteiger partial charge is 0.376 e. The maximum atomic E-state index is 12.1. The summed E-state index contributed by atoms with van der Waals surface area (Å²) in [6.07, 6.45) is 1.51. The molecular formula is C16H20N4O3. The van der Waals surface area contributed by atoms with E-state index in [1.54, 1.807) is 9.80 Å². The Morgan fingerprint density at radius 2 is 1.96 bits per heavy atom. The molecule has 0 bridgehead atoms. The predicted molar refractivity (Wildman–Crippen MR) is 86.1 cm³/mol. The highest BCUT2D eigenvalue weighted by Gasteiger charge is 2.22. The Labute approximate surface area is 134 Å². The Morgan fingerprint density at radius 1 is 1.17 bits per heavy atom. The molecule has 2 aliphatic heterocycles. The third kappa shape index (κ3) is 3.61. The second-order valence-electron chi connectivity index (χ2n) is 5.71. The van der Waals surface area contributed by atoms with Crippen molar-refractivity contribution in [2.45, 2.75) is 12.8 Å². The van der Waals surface area contributed by atoms with Gasteiger partial charge in [0, 0.05) is 37.4 Å². The summed E-state index contributed by atoms with van der Waals surface area (Å²) in [5.41, 5.74) is 1.70. The van der Waals surface area contributed by atoms with Crippen molar-refractivity contribution in [2.24, 2.45) is 0 Å². The summed E-state index contributed by atoms with van der Waals surface area (Å²) in [6.45, 7) is 2.08. The second kappa shape index (κ2) is 6.68. The van der Waals surface area contributed by atoms with E-state index in [0.29, 0.717) is 19.5 Å². The van der Waals surface area contributed by atoms with Gasteiger partial charge in [-0.1, -0.05) is 0 Å². The van der Waals surface area contributed by atoms with Crippen LogP contribution in [0.4, 0.5) is 11.4 Å². The normalized spacial score (nSPS) is 18.1. The molecule has 2 fully saturated rings. The van der Waals surface area contributed by atoms with Gasteiger partial charge in [-0.05, 0) is 30.7 Å². The van der Waals surface area contributed by atoms with Crippen LogP contribution >= 0.6 is 0 Å². The molecule has 122 valence electrons. The van der Waals surface area contributed by atoms with Crippen molar-refractivity contribution in [2.75, 3.05) is 42.9 Å². The van der Waals surface area contributed by atoms with Gasteiger partial charge in [-0.25, -0.2) is 0 Å². The molecule has 0 spiro atoms. The molecule has 3 rings (SSSR count). The van der Waals surface area contributed by atoms with Crippen molar-refractivity contribution in [3.8, 4) is 0 Å². The van der Waals surface area contributed by atoms with Crippen LogP contribution in [0, 0.1) is 0 Å². The number of piperazine rings is 1. The summed E-state index contributed by atoms with van der Waals surface area (Å²) in [6, 6.07) is 7.48. The van der Waals surface area contributed by atoms with Gasteiger partial charge in [-0.15, -0.1) is 0 Å². The molecule has 0 unspecified atom stereocenters. The van der Waals surface area contributed by atoms with E-state index < -0.39 is 0 Å². The maximum Gasteiger partial charge on any atom is 0.242 e. The number of nitrogens with zero attached hydrogens (tertiary/aromatic N) is 2. The lowest BCUT2D eigenvalue weighted by atomic mass is 10.2. The number of benzene rings is 1. The average molecular weight is 316 g/mol. The Kier molecular flexibility index (Phi) is 4.45. The molecule has 3 amide bonds. The molecule has 0 aliphatic carbocycles. The second-order valence-corrected chi connectivity index (χ2v) is 5.71. The van der Waals surface area contributed by atoms with E-state index >= 15 is 0 Å². The number of hydrogen-bond donors (Lipinski definition) is 2. The highest BCUT2D eigenvalue weighted by Crippen LogP contribution is 2.22. The van der Waals surface area contributed by atoms with Gasteiger partial charge in [0.05, 0.1) is 13.1 Å². The molecule has 2 saturated heterocycles. The van der Waals surface area contributed by atoms with Crippen LogP contribution in [-0.2, 0) is 14.4 Å². The number of nitrogens with one attached hydrogen (secondary N) is 2. The summed E-state index contributed by atoms with van der Waals surface area (Å²) < 4.78 is 0. The van der Waals surface area contributed by atoms with Crippen LogP contribution in [0.1, 0.15) is 12.8 Å². The van der Waals surface area contributed by atoms with Crippen LogP contribution in [0.15, 0.2) is 24.3 Å². The molecule has 7 nitrogen and oxygen atoms in total. The van der Waals surface area contributed by atoms with Crippen molar-refractivity contribution in [3.63, 3.8) is 0 Å². The molecule has 0 radical (unpaired) electrons. The number of anilines is 2. The number of carbonyl (C=O) groups excluding carboxylic acids is 3. The maximum absolute atomic E-state index is 12.1. The van der Waals surface area contributed by atoms with Crippen molar-refractivity contribution in [3.05, 3.63) is 24.3 Å². The molecule has 1 aromatic rings. The van der Waals surface area contributed by atoms with Crippen molar-refractivity contribution in [1.82, 2.24) is 10.2 Å². The highest BCUT2D eigenvalue weighted by atomic mass is 16.2. The first-order valence-corrected chi connectivity index (χ1v) is 7.82. The Morgan fingerprint density at radius 3 is 2.61 bits per heavy atom. The Hall–Kier alpha value is -2.57. The summed E-state index contributed by atoms with van der Waals surface area (Å²) in [5, 5.41) is 5.75. The van der Waals surface area contributed by atoms with Crippen molar-refractivity contribution < 1.29 is 14.4 Å². The van der Waals surface area contributed by atoms with E-state index in [4.69, 9.17) is 0 Å². The van der Waals surface area contributed by atoms with Gasteiger partial charge < -0.3 is 20.4 Å². The molecule has 2 N–H and O–H groups in total. The summed E-state index contributed by atoms with van der Waals surface area (Å²) in [5.74, 6) is -0.0628. The van der Waals surface area contributed by atoms with E-state index in [1.807, 2.05) is 24.3 Å². The lowest BCUT2D eigenvalue weighted by Crippen LogP contribution is -2.51. The smallest absolute Gasteiger partial charge is 0.242 e. The molecule has 0 saturated carbocycles. The van der Waals surface area contributed by atoms with Crippen molar-refractivity contribution in [1.29, 1.82) is 0 Å². The fraction of sp³-hybridized carbons (Fsp3) is 0.438. The topological polar surface area (TPSA) is 81.8 Å². The lowest BCUT2D eigenvalue weighted by molar-refractivity contribution is -0.136. The predicted octanol–water partition coefficient (Wildman–Crippen LogP) is 0.184. The quantitative estimate of drug-likeness (QED) is 0.830. The number of rotatable bonds is 4. The minimum atomic E-state index is -0.121. The van der Waals surface area contributed by atoms with Crippen LogP contribution in [0.3, 0.4) is 0 Å². The Balaban J connectivity index is 1.53. The van der Waals surface area contributed by atoms with E-state index in [2.05, 4.69) is 10.6 Å². The van der Waals surface area contributed by atoms with Gasteiger partial charge in [-0.2, -0.15) is 0 Å². The minimum absolute atomic E-state index is 0.0985. The van der Waals surface area contributed by atoms with Crippen molar-refractivity contribution >= 4 is 29.1 Å². The van der Waals surface area contributed by atoms with E-state index in [9.17, 15) is 14.4 Å². The van der Waals surface area contributed by atoms with Crippen LogP contribution < -0.4 is 15.5 Å². The molecule has 23 heavy (non-hydrogen) atoms. The Bertz CT molecular complexity index is 614. The fourth-order valence-corrected chi connectivity index (χ4v) is 2.82. The highest BCUT2D eigenvalue weighted by molar-refractivity contribution is 5.95. The van der Waals surface area contributed by atoms with E-state index in [1.165, 1.54) is 0 Å². The third-order valence-corrected chi connectivity index (χ3v) is 4.09. The molecule has 1 aromatic carbocycles. The van der Waals surface area contributed by atoms with Crippen LogP contribution in [0.5, 0.6) is 0 Å². The zero-order valence-electron chi connectivity index (χ0n) is 12.9. The molecule has 7 heteroatoms. The number of hydrogen-bond acceptors (Lipinski definition) is 4. The summed E-state index contributed by atoms with van der Waals surface area (Å²) in [7, 11) is 0. The third-order valence-electron chi connectivity index (χ3n) is 4.09. The van der Waals surface area contributed by atoms with Gasteiger partial charge in [0.1, 0.15) is 0 Å². The SMILES string of the molecule is O=C1CN(C(=O)CNc2ccc(N3CCCC3=O)cc2)CCN1. The zero-order valence-corrected chi connectivity index (χ0v) is 12.9. The average Bonchev–Trinajstić information content (AvgIpc) is 2.99. The summed E-state index contributed by atoms with van der Waals surface area (Å²) in [4.78, 5) is 38.4. The first-order chi connectivity index (χ1) is 11.1. The standard InChI is InChI=1S/C16H20N4O3/c21-14-11-19(9-7-17-14)16(23)10-18-12-3-5-13(6-4-12)20-8-1-2-15(20)22/h3-6,18H,1-2,7-11H2,(H,17,21). The first-order valence-electron chi connectivity index (χ1n) is 7.82. The van der Waals surface area contributed by atoms with Gasteiger partial charge in [0.25, 0.3) is 0 Å².